The zero-order chi connectivity index (χ0) is 14.5. The van der Waals surface area contributed by atoms with Crippen LogP contribution in [0.15, 0.2) is 66.7 Å². The lowest BCUT2D eigenvalue weighted by atomic mass is 9.91. The summed E-state index contributed by atoms with van der Waals surface area (Å²) >= 11 is 0. The Morgan fingerprint density at radius 3 is 2.29 bits per heavy atom. The molecule has 3 rings (SSSR count). The van der Waals surface area contributed by atoms with Gasteiger partial charge in [0.25, 0.3) is 0 Å². The summed E-state index contributed by atoms with van der Waals surface area (Å²) in [7, 11) is 0. The number of hydrogen-bond acceptors (Lipinski definition) is 0. The van der Waals surface area contributed by atoms with Crippen LogP contribution in [0.4, 0.5) is 0 Å². The first-order valence-corrected chi connectivity index (χ1v) is 7.75. The average molecular weight is 273 g/mol. The first-order chi connectivity index (χ1) is 10.4. The van der Waals surface area contributed by atoms with Crippen LogP contribution < -0.4 is 0 Å². The van der Waals surface area contributed by atoms with Crippen LogP contribution in [0, 0.1) is 6.92 Å². The molecule has 0 unspecified atom stereocenters. The Morgan fingerprint density at radius 2 is 1.48 bits per heavy atom. The van der Waals surface area contributed by atoms with Crippen molar-refractivity contribution < 1.29 is 0 Å². The smallest absolute Gasteiger partial charge is 0.0146 e. The number of benzene rings is 3. The molecule has 0 saturated heterocycles. The Morgan fingerprint density at radius 1 is 0.714 bits per heavy atom. The summed E-state index contributed by atoms with van der Waals surface area (Å²) in [4.78, 5) is 0. The van der Waals surface area contributed by atoms with Crippen molar-refractivity contribution in [3.05, 3.63) is 79.2 Å². The Kier molecular flexibility index (Phi) is 4.35. The molecule has 0 nitrogen and oxygen atoms in total. The van der Waals surface area contributed by atoms with Gasteiger partial charge in [0, 0.05) is 0 Å². The molecule has 0 atom stereocenters. The Bertz CT molecular complexity index is 710. The maximum absolute atomic E-state index is 3.96. The summed E-state index contributed by atoms with van der Waals surface area (Å²) < 4.78 is 0. The van der Waals surface area contributed by atoms with Crippen LogP contribution in [0.2, 0.25) is 0 Å². The van der Waals surface area contributed by atoms with Crippen LogP contribution in [0.5, 0.6) is 0 Å². The highest BCUT2D eigenvalue weighted by atomic mass is 14.1. The van der Waals surface area contributed by atoms with Crippen LogP contribution in [0.1, 0.15) is 24.8 Å². The van der Waals surface area contributed by atoms with Gasteiger partial charge in [-0.2, -0.15) is 0 Å². The summed E-state index contributed by atoms with van der Waals surface area (Å²) in [6.07, 6.45) is 4.54. The van der Waals surface area contributed by atoms with Crippen LogP contribution in [0.3, 0.4) is 0 Å². The highest BCUT2D eigenvalue weighted by Gasteiger charge is 2.09. The molecule has 0 saturated carbocycles. The van der Waals surface area contributed by atoms with Gasteiger partial charge in [0.15, 0.2) is 0 Å². The first kappa shape index (κ1) is 13.9. The van der Waals surface area contributed by atoms with E-state index in [1.807, 2.05) is 0 Å². The van der Waals surface area contributed by atoms with E-state index >= 15 is 0 Å². The maximum Gasteiger partial charge on any atom is -0.0146 e. The van der Waals surface area contributed by atoms with Crippen molar-refractivity contribution in [2.24, 2.45) is 0 Å². The fraction of sp³-hybridized carbons (Fsp3) is 0.190. The third-order valence-electron chi connectivity index (χ3n) is 4.05. The fourth-order valence-corrected chi connectivity index (χ4v) is 2.97. The van der Waals surface area contributed by atoms with Gasteiger partial charge in [-0.25, -0.2) is 0 Å². The van der Waals surface area contributed by atoms with Gasteiger partial charge in [-0.15, -0.1) is 0 Å². The van der Waals surface area contributed by atoms with E-state index in [2.05, 4.69) is 73.7 Å². The molecule has 0 spiro atoms. The van der Waals surface area contributed by atoms with Gasteiger partial charge in [0.2, 0.25) is 0 Å². The SMILES string of the molecule is [CH2]CCCCc1c(-c2ccccc2)ccc2ccccc12. The molecule has 0 heterocycles. The highest BCUT2D eigenvalue weighted by Crippen LogP contribution is 2.31. The van der Waals surface area contributed by atoms with E-state index in [1.54, 1.807) is 0 Å². The minimum atomic E-state index is 1.02. The first-order valence-electron chi connectivity index (χ1n) is 7.75. The van der Waals surface area contributed by atoms with E-state index in [1.165, 1.54) is 40.3 Å². The van der Waals surface area contributed by atoms with Crippen molar-refractivity contribution >= 4 is 10.8 Å². The van der Waals surface area contributed by atoms with E-state index in [0.29, 0.717) is 0 Å². The molecule has 0 aromatic heterocycles. The van der Waals surface area contributed by atoms with Crippen molar-refractivity contribution in [2.75, 3.05) is 0 Å². The Balaban J connectivity index is 2.12. The molecule has 3 aromatic carbocycles. The summed E-state index contributed by atoms with van der Waals surface area (Å²) in [5, 5.41) is 2.73. The largest absolute Gasteiger partial charge is 0.0622 e. The minimum Gasteiger partial charge on any atom is -0.0622 e. The molecule has 0 heteroatoms. The molecular formula is C21H21. The number of fused-ring (bicyclic) bond motifs is 1. The Labute approximate surface area is 127 Å². The molecule has 0 fully saturated rings. The predicted molar refractivity (Wildman–Crippen MR) is 92.3 cm³/mol. The molecule has 0 aliphatic heterocycles. The van der Waals surface area contributed by atoms with Gasteiger partial charge in [0.1, 0.15) is 0 Å². The summed E-state index contributed by atoms with van der Waals surface area (Å²) in [5.41, 5.74) is 4.17. The van der Waals surface area contributed by atoms with Crippen LogP contribution in [0.25, 0.3) is 21.9 Å². The summed E-state index contributed by atoms with van der Waals surface area (Å²) in [6, 6.07) is 23.9. The quantitative estimate of drug-likeness (QED) is 0.496. The van der Waals surface area contributed by atoms with E-state index in [-0.39, 0.29) is 0 Å². The van der Waals surface area contributed by atoms with Crippen LogP contribution in [-0.4, -0.2) is 0 Å². The molecular weight excluding hydrogens is 252 g/mol. The van der Waals surface area contributed by atoms with Gasteiger partial charge in [-0.05, 0) is 40.3 Å². The topological polar surface area (TPSA) is 0 Å². The molecule has 0 N–H and O–H groups in total. The summed E-state index contributed by atoms with van der Waals surface area (Å²) in [6.45, 7) is 3.96. The molecule has 0 bridgehead atoms. The Hall–Kier alpha value is -2.08. The predicted octanol–water partition coefficient (Wildman–Crippen LogP) is 6.05. The lowest BCUT2D eigenvalue weighted by Crippen LogP contribution is -1.93. The van der Waals surface area contributed by atoms with E-state index < -0.39 is 0 Å². The minimum absolute atomic E-state index is 1.02. The second kappa shape index (κ2) is 6.58. The van der Waals surface area contributed by atoms with Crippen molar-refractivity contribution in [1.82, 2.24) is 0 Å². The van der Waals surface area contributed by atoms with E-state index in [9.17, 15) is 0 Å². The lowest BCUT2D eigenvalue weighted by molar-refractivity contribution is 0.749. The van der Waals surface area contributed by atoms with Crippen molar-refractivity contribution in [2.45, 2.75) is 25.7 Å². The van der Waals surface area contributed by atoms with Gasteiger partial charge in [-0.3, -0.25) is 0 Å². The molecule has 105 valence electrons. The second-order valence-corrected chi connectivity index (χ2v) is 5.49. The fourth-order valence-electron chi connectivity index (χ4n) is 2.97. The molecule has 21 heavy (non-hydrogen) atoms. The number of hydrogen-bond donors (Lipinski definition) is 0. The van der Waals surface area contributed by atoms with Gasteiger partial charge < -0.3 is 0 Å². The third kappa shape index (κ3) is 3.00. The second-order valence-electron chi connectivity index (χ2n) is 5.49. The average Bonchev–Trinajstić information content (AvgIpc) is 2.56. The molecule has 0 aliphatic rings. The van der Waals surface area contributed by atoms with Gasteiger partial charge in [0.05, 0.1) is 0 Å². The number of unbranched alkanes of at least 4 members (excludes halogenated alkanes) is 2. The number of rotatable bonds is 5. The highest BCUT2D eigenvalue weighted by molar-refractivity contribution is 5.91. The van der Waals surface area contributed by atoms with Crippen molar-refractivity contribution in [3.63, 3.8) is 0 Å². The van der Waals surface area contributed by atoms with Crippen molar-refractivity contribution in [1.29, 1.82) is 0 Å². The normalized spacial score (nSPS) is 10.9. The number of aryl methyl sites for hydroxylation is 1. The zero-order valence-electron chi connectivity index (χ0n) is 12.4. The zero-order valence-corrected chi connectivity index (χ0v) is 12.4. The standard InChI is InChI=1S/C21H21/c1-2-3-5-14-21-19-13-9-8-12-18(19)15-16-20(21)17-10-6-4-7-11-17/h4,6-13,15-16H,1-3,5,14H2. The van der Waals surface area contributed by atoms with Gasteiger partial charge >= 0.3 is 0 Å². The van der Waals surface area contributed by atoms with Crippen LogP contribution >= 0.6 is 0 Å². The monoisotopic (exact) mass is 273 g/mol. The maximum atomic E-state index is 3.96. The van der Waals surface area contributed by atoms with Crippen molar-refractivity contribution in [3.8, 4) is 11.1 Å². The van der Waals surface area contributed by atoms with Gasteiger partial charge in [-0.1, -0.05) is 86.5 Å². The van der Waals surface area contributed by atoms with E-state index in [4.69, 9.17) is 0 Å². The molecule has 1 radical (unpaired) electrons. The molecule has 3 aromatic rings. The van der Waals surface area contributed by atoms with Crippen LogP contribution in [-0.2, 0) is 6.42 Å². The van der Waals surface area contributed by atoms with E-state index in [0.717, 1.165) is 12.8 Å². The third-order valence-corrected chi connectivity index (χ3v) is 4.05. The summed E-state index contributed by atoms with van der Waals surface area (Å²) in [5.74, 6) is 0. The lowest BCUT2D eigenvalue weighted by Gasteiger charge is -2.13. The molecule has 0 aliphatic carbocycles. The molecule has 0 amide bonds.